The van der Waals surface area contributed by atoms with Gasteiger partial charge in [0.15, 0.2) is 30.4 Å². The summed E-state index contributed by atoms with van der Waals surface area (Å²) in [6.07, 6.45) is -7.40. The van der Waals surface area contributed by atoms with E-state index in [0.29, 0.717) is 6.42 Å². The van der Waals surface area contributed by atoms with E-state index in [9.17, 15) is 24.0 Å². The first kappa shape index (κ1) is 49.7. The number of alkyl carbamates (subject to hydrolysis) is 1. The smallest absolute Gasteiger partial charge is 0.408 e. The van der Waals surface area contributed by atoms with Crippen LogP contribution in [0, 0.1) is 23.7 Å². The highest BCUT2D eigenvalue weighted by Gasteiger charge is 2.58. The van der Waals surface area contributed by atoms with Gasteiger partial charge in [-0.2, -0.15) is 0 Å². The number of nitrogens with zero attached hydrogens (tertiary/aromatic N) is 1. The maximum atomic E-state index is 14.6. The average molecular weight is 857 g/mol. The van der Waals surface area contributed by atoms with Gasteiger partial charge in [-0.1, -0.05) is 27.7 Å². The van der Waals surface area contributed by atoms with Gasteiger partial charge in [-0.05, 0) is 74.9 Å². The highest BCUT2D eigenvalue weighted by molar-refractivity contribution is 5.85. The fourth-order valence-electron chi connectivity index (χ4n) is 10.0. The van der Waals surface area contributed by atoms with E-state index in [1.807, 2.05) is 46.7 Å². The summed E-state index contributed by atoms with van der Waals surface area (Å²) in [5.41, 5.74) is -3.72. The second-order valence-electron chi connectivity index (χ2n) is 18.3. The van der Waals surface area contributed by atoms with E-state index in [-0.39, 0.29) is 37.2 Å². The molecule has 1 N–H and O–H groups in total. The lowest BCUT2D eigenvalue weighted by molar-refractivity contribution is -0.320. The Hall–Kier alpha value is -2.93. The molecule has 17 nitrogen and oxygen atoms in total. The number of nitrogens with one attached hydrogen (secondary N) is 1. The van der Waals surface area contributed by atoms with Gasteiger partial charge in [-0.25, -0.2) is 4.79 Å². The molecule has 0 saturated carbocycles. The topological polar surface area (TPSA) is 193 Å². The van der Waals surface area contributed by atoms with Gasteiger partial charge in [0.05, 0.1) is 48.0 Å². The van der Waals surface area contributed by atoms with Crippen LogP contribution in [0.5, 0.6) is 0 Å². The molecule has 17 heteroatoms. The number of cyclic esters (lactones) is 1. The zero-order chi connectivity index (χ0) is 45.2. The highest BCUT2D eigenvalue weighted by atomic mass is 16.7. The van der Waals surface area contributed by atoms with Gasteiger partial charge in [0.2, 0.25) is 0 Å². The van der Waals surface area contributed by atoms with Crippen molar-refractivity contribution in [2.24, 2.45) is 23.7 Å². The van der Waals surface area contributed by atoms with Crippen LogP contribution in [0.1, 0.15) is 109 Å². The first-order chi connectivity index (χ1) is 27.9. The molecular formula is C43H72N2O15. The summed E-state index contributed by atoms with van der Waals surface area (Å²) in [7, 11) is 6.82. The summed E-state index contributed by atoms with van der Waals surface area (Å²) < 4.78 is 62.9. The number of rotatable bonds is 10. The number of likely N-dealkylation sites (N-methyl/N-ethyl adjacent to an activating group) is 1. The first-order valence-corrected chi connectivity index (χ1v) is 21.3. The van der Waals surface area contributed by atoms with Crippen molar-refractivity contribution in [2.75, 3.05) is 28.3 Å². The first-order valence-electron chi connectivity index (χ1n) is 21.3. The summed E-state index contributed by atoms with van der Waals surface area (Å²) in [6.45, 7) is 20.5. The number of fused-ring (bicyclic) bond motifs is 1. The second-order valence-corrected chi connectivity index (χ2v) is 18.3. The second kappa shape index (κ2) is 19.6. The molecule has 4 aliphatic heterocycles. The fraction of sp³-hybridized carbons (Fsp3) is 0.884. The average Bonchev–Trinajstić information content (AvgIpc) is 3.48. The van der Waals surface area contributed by atoms with Gasteiger partial charge in [0.1, 0.15) is 17.5 Å². The van der Waals surface area contributed by atoms with Crippen molar-refractivity contribution in [3.05, 3.63) is 0 Å². The number of carbonyl (C=O) groups excluding carboxylic acids is 5. The molecule has 0 aromatic heterocycles. The minimum Gasteiger partial charge on any atom is -0.458 e. The largest absolute Gasteiger partial charge is 0.458 e. The summed E-state index contributed by atoms with van der Waals surface area (Å²) >= 11 is 0. The molecule has 0 aliphatic carbocycles. The minimum atomic E-state index is -1.39. The Balaban J connectivity index is 1.91. The van der Waals surface area contributed by atoms with Crippen LogP contribution in [0.2, 0.25) is 0 Å². The molecule has 4 heterocycles. The molecule has 1 amide bonds. The van der Waals surface area contributed by atoms with Crippen molar-refractivity contribution in [3.63, 3.8) is 0 Å². The van der Waals surface area contributed by atoms with E-state index >= 15 is 0 Å². The van der Waals surface area contributed by atoms with Crippen molar-refractivity contribution in [1.82, 2.24) is 10.2 Å². The zero-order valence-electron chi connectivity index (χ0n) is 38.6. The molecule has 0 spiro atoms. The third-order valence-electron chi connectivity index (χ3n) is 13.4. The fourth-order valence-corrected chi connectivity index (χ4v) is 10.0. The zero-order valence-corrected chi connectivity index (χ0v) is 38.6. The molecule has 60 heavy (non-hydrogen) atoms. The molecular weight excluding hydrogens is 784 g/mol. The quantitative estimate of drug-likeness (QED) is 0.241. The molecule has 0 unspecified atom stereocenters. The van der Waals surface area contributed by atoms with E-state index in [1.165, 1.54) is 28.1 Å². The molecule has 0 radical (unpaired) electrons. The summed E-state index contributed by atoms with van der Waals surface area (Å²) in [5, 5.41) is 2.83. The van der Waals surface area contributed by atoms with Crippen LogP contribution in [0.15, 0.2) is 0 Å². The van der Waals surface area contributed by atoms with Gasteiger partial charge in [0, 0.05) is 52.2 Å². The van der Waals surface area contributed by atoms with Crippen molar-refractivity contribution < 1.29 is 71.3 Å². The van der Waals surface area contributed by atoms with Gasteiger partial charge < -0.3 is 57.6 Å². The number of hydrogen-bond donors (Lipinski definition) is 1. The predicted octanol–water partition coefficient (Wildman–Crippen LogP) is 4.34. The molecule has 4 rings (SSSR count). The number of carbonyl (C=O) groups is 5. The number of esters is 3. The lowest BCUT2D eigenvalue weighted by Crippen LogP contribution is -2.62. The number of ether oxygens (including phenoxy) is 10. The summed E-state index contributed by atoms with van der Waals surface area (Å²) in [4.78, 5) is 68.8. The standard InChI is InChI=1S/C43H72N2O15/c1-17-30-43(12)35(44-40(50)60-43)23(4)32(48)21(2)19-41(10,51-15)36(59-39-34(55-27(8)46)29(45(13)14)18-22(3)53-39)24(5)33(25(6)38(49)57-30)58-31-20-42(11,52-16)37(26(7)54-31)56-28(9)47/h21-26,29-31,33-37,39H,17-20H2,1-16H3,(H,44,50)/t21-,22-,23+,24+,25-,26+,29+,30-,31+,33+,34-,35-,36-,37+,39+,41+,42-,43-/m1/s1. The third-order valence-corrected chi connectivity index (χ3v) is 13.4. The van der Waals surface area contributed by atoms with E-state index in [2.05, 4.69) is 5.32 Å². The summed E-state index contributed by atoms with van der Waals surface area (Å²) in [6, 6.07) is -1.12. The van der Waals surface area contributed by atoms with Crippen LogP contribution < -0.4 is 5.32 Å². The van der Waals surface area contributed by atoms with Crippen LogP contribution in [-0.4, -0.2) is 147 Å². The summed E-state index contributed by atoms with van der Waals surface area (Å²) in [5.74, 6) is -5.04. The number of ketones is 1. The Bertz CT molecular complexity index is 1550. The number of methoxy groups -OCH3 is 2. The molecule has 4 aliphatic rings. The molecule has 4 fully saturated rings. The predicted molar refractivity (Wildman–Crippen MR) is 215 cm³/mol. The third kappa shape index (κ3) is 10.5. The maximum Gasteiger partial charge on any atom is 0.408 e. The minimum absolute atomic E-state index is 0.106. The van der Waals surface area contributed by atoms with Crippen LogP contribution in [0.3, 0.4) is 0 Å². The van der Waals surface area contributed by atoms with Gasteiger partial charge in [-0.15, -0.1) is 0 Å². The Morgan fingerprint density at radius 2 is 1.42 bits per heavy atom. The Kier molecular flexibility index (Phi) is 16.3. The van der Waals surface area contributed by atoms with Gasteiger partial charge in [0.25, 0.3) is 0 Å². The SMILES string of the molecule is CC[C@H]1OC(=O)[C@H](C)[C@@H](O[C@H]2C[C@@](C)(OC)[C@@H](OC(C)=O)[C@H](C)O2)[C@H](C)[C@@H](O[C@@H]2O[C@H](C)C[C@H](N(C)C)[C@H]2OC(C)=O)[C@@](C)(OC)C[C@@H](C)C(=O)[C@H](C)[C@H]2NC(=O)O[C@@]21C. The van der Waals surface area contributed by atoms with Crippen LogP contribution >= 0.6 is 0 Å². The molecule has 344 valence electrons. The van der Waals surface area contributed by atoms with Crippen LogP contribution in [0.4, 0.5) is 4.79 Å². The van der Waals surface area contributed by atoms with Crippen molar-refractivity contribution >= 4 is 29.8 Å². The normalized spacial score (nSPS) is 44.5. The molecule has 0 aromatic rings. The Morgan fingerprint density at radius 1 is 0.817 bits per heavy atom. The van der Waals surface area contributed by atoms with Crippen molar-refractivity contribution in [2.45, 2.75) is 193 Å². The lowest BCUT2D eigenvalue weighted by Gasteiger charge is -2.50. The van der Waals surface area contributed by atoms with Crippen molar-refractivity contribution in [3.8, 4) is 0 Å². The van der Waals surface area contributed by atoms with E-state index in [1.54, 1.807) is 41.5 Å². The van der Waals surface area contributed by atoms with E-state index in [4.69, 9.17) is 47.4 Å². The monoisotopic (exact) mass is 856 g/mol. The maximum absolute atomic E-state index is 14.6. The Labute approximate surface area is 355 Å². The van der Waals surface area contributed by atoms with Gasteiger partial charge in [-0.3, -0.25) is 19.2 Å². The van der Waals surface area contributed by atoms with Crippen LogP contribution in [-0.2, 0) is 66.5 Å². The molecule has 18 atom stereocenters. The number of hydrogen-bond acceptors (Lipinski definition) is 16. The lowest BCUT2D eigenvalue weighted by atomic mass is 9.73. The molecule has 0 bridgehead atoms. The molecule has 0 aromatic carbocycles. The van der Waals surface area contributed by atoms with E-state index in [0.717, 1.165) is 0 Å². The van der Waals surface area contributed by atoms with Crippen molar-refractivity contribution in [1.29, 1.82) is 0 Å². The van der Waals surface area contributed by atoms with Crippen LogP contribution in [0.25, 0.3) is 0 Å². The number of Topliss-reactive ketones (excluding diaryl/α,β-unsaturated/α-hetero) is 1. The molecule has 4 saturated heterocycles. The number of amides is 1. The Morgan fingerprint density at radius 3 is 1.97 bits per heavy atom. The highest BCUT2D eigenvalue weighted by Crippen LogP contribution is 2.43. The van der Waals surface area contributed by atoms with Gasteiger partial charge >= 0.3 is 24.0 Å². The van der Waals surface area contributed by atoms with E-state index < -0.39 is 120 Å².